The topological polar surface area (TPSA) is 67.4 Å². The minimum Gasteiger partial charge on any atom is -0.444 e. The van der Waals surface area contributed by atoms with Crippen LogP contribution in [0.2, 0.25) is 0 Å². The quantitative estimate of drug-likeness (QED) is 0.539. The largest absolute Gasteiger partial charge is 0.444 e. The van der Waals surface area contributed by atoms with Gasteiger partial charge in [0.15, 0.2) is 0 Å². The maximum absolute atomic E-state index is 13.1. The molecule has 2 amide bonds. The van der Waals surface area contributed by atoms with Gasteiger partial charge in [-0.05, 0) is 49.9 Å². The first kappa shape index (κ1) is 23.1. The van der Waals surface area contributed by atoms with Crippen molar-refractivity contribution in [2.45, 2.75) is 45.9 Å². The molecule has 0 aliphatic carbocycles. The van der Waals surface area contributed by atoms with Crippen LogP contribution in [0.3, 0.4) is 0 Å². The van der Waals surface area contributed by atoms with E-state index < -0.39 is 17.7 Å². The maximum atomic E-state index is 13.1. The minimum atomic E-state index is -0.875. The fourth-order valence-electron chi connectivity index (χ4n) is 3.34. The Hall–Kier alpha value is -3.60. The molecule has 1 atom stereocenters. The molecule has 0 aliphatic rings. The molecule has 5 nitrogen and oxygen atoms in total. The van der Waals surface area contributed by atoms with Gasteiger partial charge in [-0.25, -0.2) is 4.79 Å². The highest BCUT2D eigenvalue weighted by Gasteiger charge is 2.26. The van der Waals surface area contributed by atoms with E-state index in [2.05, 4.69) is 10.6 Å². The van der Waals surface area contributed by atoms with E-state index >= 15 is 0 Å². The standard InChI is InChI=1S/C27H30N2O3/c1-19-9-8-10-20(17-19)18-28-25(30)24(29-26(31)32-27(2,3)4)23-15-13-22(14-16-23)21-11-6-5-7-12-21/h5-17,24H,18H2,1-4H3,(H,28,30)(H,29,31). The number of amides is 2. The monoisotopic (exact) mass is 430 g/mol. The fourth-order valence-corrected chi connectivity index (χ4v) is 3.34. The number of hydrogen-bond donors (Lipinski definition) is 2. The van der Waals surface area contributed by atoms with Crippen molar-refractivity contribution < 1.29 is 14.3 Å². The molecule has 0 saturated carbocycles. The summed E-state index contributed by atoms with van der Waals surface area (Å²) < 4.78 is 5.38. The van der Waals surface area contributed by atoms with Gasteiger partial charge in [0.1, 0.15) is 11.6 Å². The molecular weight excluding hydrogens is 400 g/mol. The Morgan fingerprint density at radius 3 is 2.16 bits per heavy atom. The second-order valence-corrected chi connectivity index (χ2v) is 8.77. The zero-order valence-corrected chi connectivity index (χ0v) is 19.0. The summed E-state index contributed by atoms with van der Waals surface area (Å²) in [5, 5.41) is 5.65. The SMILES string of the molecule is Cc1cccc(CNC(=O)C(NC(=O)OC(C)(C)C)c2ccc(-c3ccccc3)cc2)c1. The van der Waals surface area contributed by atoms with E-state index in [0.29, 0.717) is 12.1 Å². The highest BCUT2D eigenvalue weighted by Crippen LogP contribution is 2.23. The van der Waals surface area contributed by atoms with Crippen LogP contribution in [-0.4, -0.2) is 17.6 Å². The maximum Gasteiger partial charge on any atom is 0.408 e. The van der Waals surface area contributed by atoms with Crippen LogP contribution in [0.15, 0.2) is 78.9 Å². The molecule has 0 spiro atoms. The van der Waals surface area contributed by atoms with Crippen LogP contribution in [0.4, 0.5) is 4.79 Å². The van der Waals surface area contributed by atoms with E-state index in [9.17, 15) is 9.59 Å². The number of carbonyl (C=O) groups excluding carboxylic acids is 2. The Balaban J connectivity index is 1.79. The van der Waals surface area contributed by atoms with Crippen molar-refractivity contribution in [1.82, 2.24) is 10.6 Å². The number of benzene rings is 3. The molecule has 3 aromatic carbocycles. The van der Waals surface area contributed by atoms with Crippen molar-refractivity contribution in [3.8, 4) is 11.1 Å². The van der Waals surface area contributed by atoms with Gasteiger partial charge in [-0.15, -0.1) is 0 Å². The van der Waals surface area contributed by atoms with Crippen molar-refractivity contribution >= 4 is 12.0 Å². The average Bonchev–Trinajstić information content (AvgIpc) is 2.75. The van der Waals surface area contributed by atoms with E-state index in [1.54, 1.807) is 20.8 Å². The lowest BCUT2D eigenvalue weighted by molar-refractivity contribution is -0.123. The normalized spacial score (nSPS) is 12.0. The Labute approximate surface area is 189 Å². The number of hydrogen-bond acceptors (Lipinski definition) is 3. The van der Waals surface area contributed by atoms with Crippen LogP contribution in [0, 0.1) is 6.92 Å². The number of carbonyl (C=O) groups is 2. The summed E-state index contributed by atoms with van der Waals surface area (Å²) in [6.07, 6.45) is -0.639. The number of alkyl carbamates (subject to hydrolysis) is 1. The lowest BCUT2D eigenvalue weighted by Gasteiger charge is -2.24. The molecule has 5 heteroatoms. The molecule has 0 aromatic heterocycles. The second kappa shape index (κ2) is 10.1. The second-order valence-electron chi connectivity index (χ2n) is 8.77. The Morgan fingerprint density at radius 2 is 1.53 bits per heavy atom. The van der Waals surface area contributed by atoms with Gasteiger partial charge in [-0.2, -0.15) is 0 Å². The van der Waals surface area contributed by atoms with Crippen LogP contribution < -0.4 is 10.6 Å². The number of nitrogens with one attached hydrogen (secondary N) is 2. The molecule has 0 heterocycles. The molecule has 32 heavy (non-hydrogen) atoms. The highest BCUT2D eigenvalue weighted by molar-refractivity contribution is 5.87. The molecule has 2 N–H and O–H groups in total. The number of aryl methyl sites for hydroxylation is 1. The first-order chi connectivity index (χ1) is 15.2. The van der Waals surface area contributed by atoms with Gasteiger partial charge in [0.25, 0.3) is 0 Å². The van der Waals surface area contributed by atoms with Gasteiger partial charge in [0.05, 0.1) is 0 Å². The summed E-state index contributed by atoms with van der Waals surface area (Å²) in [5.74, 6) is -0.301. The molecule has 0 radical (unpaired) electrons. The lowest BCUT2D eigenvalue weighted by atomic mass is 10.00. The Kier molecular flexibility index (Phi) is 7.31. The van der Waals surface area contributed by atoms with Crippen LogP contribution in [-0.2, 0) is 16.1 Å². The van der Waals surface area contributed by atoms with Crippen molar-refractivity contribution in [2.75, 3.05) is 0 Å². The molecule has 0 saturated heterocycles. The summed E-state index contributed by atoms with van der Waals surface area (Å²) in [6, 6.07) is 24.7. The van der Waals surface area contributed by atoms with Crippen LogP contribution in [0.5, 0.6) is 0 Å². The summed E-state index contributed by atoms with van der Waals surface area (Å²) in [6.45, 7) is 7.73. The molecule has 3 aromatic rings. The van der Waals surface area contributed by atoms with Crippen LogP contribution in [0.1, 0.15) is 43.5 Å². The number of ether oxygens (including phenoxy) is 1. The molecular formula is C27H30N2O3. The number of rotatable bonds is 6. The molecule has 3 rings (SSSR count). The van der Waals surface area contributed by atoms with Gasteiger partial charge >= 0.3 is 6.09 Å². The van der Waals surface area contributed by atoms with Crippen LogP contribution in [0.25, 0.3) is 11.1 Å². The van der Waals surface area contributed by atoms with E-state index in [-0.39, 0.29) is 5.91 Å². The summed E-state index contributed by atoms with van der Waals surface area (Å²) in [7, 11) is 0. The Bertz CT molecular complexity index is 1050. The van der Waals surface area contributed by atoms with E-state index in [0.717, 1.165) is 22.3 Å². The summed E-state index contributed by atoms with van der Waals surface area (Å²) in [5.41, 5.74) is 4.25. The smallest absolute Gasteiger partial charge is 0.408 e. The molecule has 1 unspecified atom stereocenters. The first-order valence-electron chi connectivity index (χ1n) is 10.7. The van der Waals surface area contributed by atoms with Gasteiger partial charge in [-0.1, -0.05) is 84.4 Å². The first-order valence-corrected chi connectivity index (χ1v) is 10.7. The third-order valence-corrected chi connectivity index (χ3v) is 4.82. The summed E-state index contributed by atoms with van der Waals surface area (Å²) >= 11 is 0. The van der Waals surface area contributed by atoms with Gasteiger partial charge in [0, 0.05) is 6.54 Å². The minimum absolute atomic E-state index is 0.301. The lowest BCUT2D eigenvalue weighted by Crippen LogP contribution is -2.42. The molecule has 0 bridgehead atoms. The molecule has 166 valence electrons. The molecule has 0 aliphatic heterocycles. The van der Waals surface area contributed by atoms with Crippen molar-refractivity contribution in [3.63, 3.8) is 0 Å². The highest BCUT2D eigenvalue weighted by atomic mass is 16.6. The predicted molar refractivity (Wildman–Crippen MR) is 127 cm³/mol. The fraction of sp³-hybridized carbons (Fsp3) is 0.259. The van der Waals surface area contributed by atoms with E-state index in [1.165, 1.54) is 0 Å². The zero-order valence-electron chi connectivity index (χ0n) is 19.0. The van der Waals surface area contributed by atoms with Crippen molar-refractivity contribution in [2.24, 2.45) is 0 Å². The summed E-state index contributed by atoms with van der Waals surface area (Å²) in [4.78, 5) is 25.5. The van der Waals surface area contributed by atoms with Crippen molar-refractivity contribution in [3.05, 3.63) is 95.6 Å². The van der Waals surface area contributed by atoms with Gasteiger partial charge in [0.2, 0.25) is 5.91 Å². The average molecular weight is 431 g/mol. The third kappa shape index (κ3) is 6.71. The van der Waals surface area contributed by atoms with Crippen molar-refractivity contribution in [1.29, 1.82) is 0 Å². The van der Waals surface area contributed by atoms with Gasteiger partial charge in [-0.3, -0.25) is 4.79 Å². The molecule has 0 fully saturated rings. The third-order valence-electron chi connectivity index (χ3n) is 4.82. The predicted octanol–water partition coefficient (Wildman–Crippen LogP) is 5.54. The van der Waals surface area contributed by atoms with Gasteiger partial charge < -0.3 is 15.4 Å². The van der Waals surface area contributed by atoms with E-state index in [4.69, 9.17) is 4.74 Å². The van der Waals surface area contributed by atoms with E-state index in [1.807, 2.05) is 85.8 Å². The Morgan fingerprint density at radius 1 is 0.875 bits per heavy atom. The zero-order chi connectivity index (χ0) is 23.1. The van der Waals surface area contributed by atoms with Crippen LogP contribution >= 0.6 is 0 Å².